The van der Waals surface area contributed by atoms with Crippen molar-refractivity contribution in [1.82, 2.24) is 0 Å². The van der Waals surface area contributed by atoms with Gasteiger partial charge in [-0.05, 0) is 38.0 Å². The van der Waals surface area contributed by atoms with Gasteiger partial charge in [-0.2, -0.15) is 0 Å². The molecule has 0 aromatic rings. The van der Waals surface area contributed by atoms with Gasteiger partial charge in [-0.1, -0.05) is 13.3 Å². The average molecular weight is 214 g/mol. The minimum absolute atomic E-state index is 0.100. The van der Waals surface area contributed by atoms with Gasteiger partial charge in [0, 0.05) is 13.2 Å². The van der Waals surface area contributed by atoms with E-state index in [1.165, 1.54) is 6.42 Å². The third-order valence-corrected chi connectivity index (χ3v) is 3.19. The van der Waals surface area contributed by atoms with Crippen LogP contribution in [0.25, 0.3) is 0 Å². The van der Waals surface area contributed by atoms with Gasteiger partial charge in [0.05, 0.1) is 5.92 Å². The lowest BCUT2D eigenvalue weighted by Crippen LogP contribution is -2.23. The standard InChI is InChI=1S/C12H22O3/c1-2-3-8-15-9-10-4-6-11(7-5-10)12(13)14/h10-11H,2-9H2,1H3,(H,13,14). The maximum Gasteiger partial charge on any atom is 0.306 e. The minimum atomic E-state index is -0.625. The van der Waals surface area contributed by atoms with E-state index in [0.29, 0.717) is 5.92 Å². The highest BCUT2D eigenvalue weighted by molar-refractivity contribution is 5.69. The molecule has 0 radical (unpaired) electrons. The van der Waals surface area contributed by atoms with E-state index in [4.69, 9.17) is 9.84 Å². The number of hydrogen-bond donors (Lipinski definition) is 1. The van der Waals surface area contributed by atoms with Crippen molar-refractivity contribution in [1.29, 1.82) is 0 Å². The molecule has 1 rings (SSSR count). The van der Waals surface area contributed by atoms with Crippen LogP contribution in [0.15, 0.2) is 0 Å². The number of rotatable bonds is 6. The highest BCUT2D eigenvalue weighted by Crippen LogP contribution is 2.28. The average Bonchev–Trinajstić information content (AvgIpc) is 2.25. The number of ether oxygens (including phenoxy) is 1. The molecule has 3 heteroatoms. The lowest BCUT2D eigenvalue weighted by molar-refractivity contribution is -0.143. The minimum Gasteiger partial charge on any atom is -0.481 e. The maximum atomic E-state index is 10.7. The van der Waals surface area contributed by atoms with Crippen LogP contribution in [0.5, 0.6) is 0 Å². The molecule has 15 heavy (non-hydrogen) atoms. The molecule has 1 N–H and O–H groups in total. The molecule has 0 spiro atoms. The fourth-order valence-corrected chi connectivity index (χ4v) is 2.07. The number of unbranched alkanes of at least 4 members (excludes halogenated alkanes) is 1. The predicted octanol–water partition coefficient (Wildman–Crippen LogP) is 2.69. The van der Waals surface area contributed by atoms with E-state index in [1.54, 1.807) is 0 Å². The molecule has 0 aliphatic heterocycles. The predicted molar refractivity (Wildman–Crippen MR) is 58.8 cm³/mol. The van der Waals surface area contributed by atoms with Gasteiger partial charge in [-0.25, -0.2) is 0 Å². The van der Waals surface area contributed by atoms with Gasteiger partial charge >= 0.3 is 5.97 Å². The number of carbonyl (C=O) groups is 1. The van der Waals surface area contributed by atoms with Crippen molar-refractivity contribution in [2.45, 2.75) is 45.4 Å². The molecule has 0 aromatic carbocycles. The highest BCUT2D eigenvalue weighted by Gasteiger charge is 2.25. The first-order valence-corrected chi connectivity index (χ1v) is 6.04. The fraction of sp³-hybridized carbons (Fsp3) is 0.917. The van der Waals surface area contributed by atoms with Crippen molar-refractivity contribution in [2.24, 2.45) is 11.8 Å². The Kier molecular flexibility index (Phi) is 5.69. The molecule has 0 atom stereocenters. The van der Waals surface area contributed by atoms with Crippen molar-refractivity contribution in [3.8, 4) is 0 Å². The lowest BCUT2D eigenvalue weighted by atomic mass is 9.82. The van der Waals surface area contributed by atoms with Crippen LogP contribution in [0.1, 0.15) is 45.4 Å². The van der Waals surface area contributed by atoms with Crippen molar-refractivity contribution in [2.75, 3.05) is 13.2 Å². The van der Waals surface area contributed by atoms with E-state index in [-0.39, 0.29) is 5.92 Å². The number of carboxylic acids is 1. The molecule has 3 nitrogen and oxygen atoms in total. The first-order chi connectivity index (χ1) is 7.24. The molecule has 0 aromatic heterocycles. The first kappa shape index (κ1) is 12.5. The molecular formula is C12H22O3. The molecule has 1 saturated carbocycles. The first-order valence-electron chi connectivity index (χ1n) is 6.04. The highest BCUT2D eigenvalue weighted by atomic mass is 16.5. The summed E-state index contributed by atoms with van der Waals surface area (Å²) >= 11 is 0. The van der Waals surface area contributed by atoms with Crippen molar-refractivity contribution in [3.05, 3.63) is 0 Å². The zero-order chi connectivity index (χ0) is 11.1. The van der Waals surface area contributed by atoms with E-state index in [2.05, 4.69) is 6.92 Å². The van der Waals surface area contributed by atoms with Gasteiger partial charge in [-0.3, -0.25) is 4.79 Å². The Morgan fingerprint density at radius 3 is 2.53 bits per heavy atom. The summed E-state index contributed by atoms with van der Waals surface area (Å²) < 4.78 is 5.56. The normalized spacial score (nSPS) is 26.5. The van der Waals surface area contributed by atoms with E-state index in [0.717, 1.165) is 45.3 Å². The quantitative estimate of drug-likeness (QED) is 0.691. The van der Waals surface area contributed by atoms with E-state index in [1.807, 2.05) is 0 Å². The van der Waals surface area contributed by atoms with Crippen LogP contribution in [0.4, 0.5) is 0 Å². The van der Waals surface area contributed by atoms with Gasteiger partial charge in [0.15, 0.2) is 0 Å². The summed E-state index contributed by atoms with van der Waals surface area (Å²) in [6, 6.07) is 0. The number of hydrogen-bond acceptors (Lipinski definition) is 2. The zero-order valence-electron chi connectivity index (χ0n) is 9.58. The Hall–Kier alpha value is -0.570. The molecule has 0 saturated heterocycles. The van der Waals surface area contributed by atoms with Crippen LogP contribution < -0.4 is 0 Å². The third kappa shape index (κ3) is 4.65. The van der Waals surface area contributed by atoms with Crippen LogP contribution >= 0.6 is 0 Å². The van der Waals surface area contributed by atoms with Crippen LogP contribution in [-0.2, 0) is 9.53 Å². The summed E-state index contributed by atoms with van der Waals surface area (Å²) in [4.78, 5) is 10.7. The SMILES string of the molecule is CCCCOCC1CCC(C(=O)O)CC1. The summed E-state index contributed by atoms with van der Waals surface area (Å²) in [5.74, 6) is -0.130. The van der Waals surface area contributed by atoms with Crippen molar-refractivity contribution < 1.29 is 14.6 Å². The summed E-state index contributed by atoms with van der Waals surface area (Å²) in [7, 11) is 0. The van der Waals surface area contributed by atoms with Crippen LogP contribution in [0.2, 0.25) is 0 Å². The van der Waals surface area contributed by atoms with Gasteiger partial charge in [-0.15, -0.1) is 0 Å². The second-order valence-corrected chi connectivity index (χ2v) is 4.48. The zero-order valence-corrected chi connectivity index (χ0v) is 9.58. The molecular weight excluding hydrogens is 192 g/mol. The van der Waals surface area contributed by atoms with Crippen molar-refractivity contribution in [3.63, 3.8) is 0 Å². The van der Waals surface area contributed by atoms with Gasteiger partial charge in [0.1, 0.15) is 0 Å². The molecule has 1 aliphatic rings. The monoisotopic (exact) mass is 214 g/mol. The molecule has 0 unspecified atom stereocenters. The summed E-state index contributed by atoms with van der Waals surface area (Å²) in [5, 5.41) is 8.84. The van der Waals surface area contributed by atoms with Crippen LogP contribution in [0, 0.1) is 11.8 Å². The van der Waals surface area contributed by atoms with Gasteiger partial charge in [0.2, 0.25) is 0 Å². The lowest BCUT2D eigenvalue weighted by Gasteiger charge is -2.25. The van der Waals surface area contributed by atoms with Gasteiger partial charge in [0.25, 0.3) is 0 Å². The fourth-order valence-electron chi connectivity index (χ4n) is 2.07. The Morgan fingerprint density at radius 1 is 1.33 bits per heavy atom. The summed E-state index contributed by atoms with van der Waals surface area (Å²) in [6.45, 7) is 3.84. The second-order valence-electron chi connectivity index (χ2n) is 4.48. The molecule has 0 heterocycles. The Balaban J connectivity index is 2.07. The third-order valence-electron chi connectivity index (χ3n) is 3.19. The number of carboxylic acid groups (broad SMARTS) is 1. The maximum absolute atomic E-state index is 10.7. The molecule has 0 bridgehead atoms. The number of aliphatic carboxylic acids is 1. The molecule has 88 valence electrons. The second kappa shape index (κ2) is 6.83. The molecule has 1 fully saturated rings. The van der Waals surface area contributed by atoms with Crippen molar-refractivity contribution >= 4 is 5.97 Å². The Labute approximate surface area is 91.8 Å². The van der Waals surface area contributed by atoms with Gasteiger partial charge < -0.3 is 9.84 Å². The van der Waals surface area contributed by atoms with E-state index < -0.39 is 5.97 Å². The summed E-state index contributed by atoms with van der Waals surface area (Å²) in [6.07, 6.45) is 6.00. The molecule has 0 amide bonds. The van der Waals surface area contributed by atoms with E-state index >= 15 is 0 Å². The Bertz CT molecular complexity index is 183. The summed E-state index contributed by atoms with van der Waals surface area (Å²) in [5.41, 5.74) is 0. The Morgan fingerprint density at radius 2 is 2.00 bits per heavy atom. The van der Waals surface area contributed by atoms with E-state index in [9.17, 15) is 4.79 Å². The largest absolute Gasteiger partial charge is 0.481 e. The smallest absolute Gasteiger partial charge is 0.306 e. The topological polar surface area (TPSA) is 46.5 Å². The van der Waals surface area contributed by atoms with Crippen LogP contribution in [-0.4, -0.2) is 24.3 Å². The molecule has 1 aliphatic carbocycles. The van der Waals surface area contributed by atoms with Crippen LogP contribution in [0.3, 0.4) is 0 Å².